The van der Waals surface area contributed by atoms with E-state index < -0.39 is 0 Å². The van der Waals surface area contributed by atoms with Crippen molar-refractivity contribution in [2.45, 2.75) is 32.8 Å². The Kier molecular flexibility index (Phi) is 8.79. The highest BCUT2D eigenvalue weighted by Crippen LogP contribution is 2.40. The monoisotopic (exact) mass is 460 g/mol. The van der Waals surface area contributed by atoms with Crippen molar-refractivity contribution < 1.29 is 9.53 Å². The van der Waals surface area contributed by atoms with Crippen LogP contribution in [0.3, 0.4) is 0 Å². The minimum Gasteiger partial charge on any atom is -0.486 e. The van der Waals surface area contributed by atoms with E-state index in [-0.39, 0.29) is 12.0 Å². The van der Waals surface area contributed by atoms with E-state index >= 15 is 0 Å². The van der Waals surface area contributed by atoms with Gasteiger partial charge in [0.15, 0.2) is 0 Å². The summed E-state index contributed by atoms with van der Waals surface area (Å²) in [5, 5.41) is 2.61. The highest BCUT2D eigenvalue weighted by molar-refractivity contribution is 7.35. The van der Waals surface area contributed by atoms with Crippen molar-refractivity contribution >= 4 is 20.1 Å². The molecule has 1 atom stereocenters. The number of ether oxygens (including phenoxy) is 1. The number of nitrogens with zero attached hydrogens (tertiary/aromatic N) is 1. The number of rotatable bonds is 5. The number of pyridine rings is 1. The predicted molar refractivity (Wildman–Crippen MR) is 140 cm³/mol. The highest BCUT2D eigenvalue weighted by atomic mass is 31.1. The Bertz CT molecular complexity index is 1120. The molecule has 0 aliphatic heterocycles. The lowest BCUT2D eigenvalue weighted by Gasteiger charge is -2.16. The zero-order valence-electron chi connectivity index (χ0n) is 20.1. The molecule has 0 saturated carbocycles. The smallest absolute Gasteiger partial charge is 0.244 e. The zero-order valence-corrected chi connectivity index (χ0v) is 21.1. The summed E-state index contributed by atoms with van der Waals surface area (Å²) in [5.74, 6) is 0.738. The fourth-order valence-electron chi connectivity index (χ4n) is 4.02. The number of aromatic nitrogens is 1. The normalized spacial score (nSPS) is 14.7. The summed E-state index contributed by atoms with van der Waals surface area (Å²) < 4.78 is 6.34. The van der Waals surface area contributed by atoms with Crippen molar-refractivity contribution in [1.82, 2.24) is 10.3 Å². The number of carbonyl (C=O) groups is 1. The standard InChI is InChI=1S/C26H26N2O2.C2H7P/c1-17-13-20(16-28-15-17)22-5-4-6-24-23(22)11-12-25(24)30-21-9-7-19(8-10-21)18(2)14-26(29)27-3;1-3-2/h4-10,13-16,25H,11-12H2,1-3H3,(H,27,29);3H,1-2H3/b18-14+;. The van der Waals surface area contributed by atoms with Gasteiger partial charge in [-0.3, -0.25) is 9.78 Å². The van der Waals surface area contributed by atoms with Gasteiger partial charge < -0.3 is 10.1 Å². The van der Waals surface area contributed by atoms with E-state index in [2.05, 4.69) is 54.8 Å². The summed E-state index contributed by atoms with van der Waals surface area (Å²) in [6, 6.07) is 16.6. The molecule has 1 unspecified atom stereocenters. The van der Waals surface area contributed by atoms with E-state index in [1.54, 1.807) is 13.1 Å². The lowest BCUT2D eigenvalue weighted by atomic mass is 9.97. The second-order valence-corrected chi connectivity index (χ2v) is 9.24. The topological polar surface area (TPSA) is 51.2 Å². The Morgan fingerprint density at radius 1 is 1.15 bits per heavy atom. The SMILES string of the molecule is CNC(=O)/C=C(\C)c1ccc(OC2CCc3c(-c4cncc(C)c4)cccc32)cc1.CPC. The summed E-state index contributed by atoms with van der Waals surface area (Å²) in [6.07, 6.45) is 7.42. The molecule has 172 valence electrons. The van der Waals surface area contributed by atoms with Crippen LogP contribution in [0.25, 0.3) is 16.7 Å². The molecule has 1 N–H and O–H groups in total. The molecule has 0 fully saturated rings. The van der Waals surface area contributed by atoms with Gasteiger partial charge in [-0.2, -0.15) is 0 Å². The maximum absolute atomic E-state index is 11.5. The van der Waals surface area contributed by atoms with E-state index in [4.69, 9.17) is 4.74 Å². The van der Waals surface area contributed by atoms with Crippen LogP contribution in [0, 0.1) is 6.92 Å². The van der Waals surface area contributed by atoms with Crippen LogP contribution >= 0.6 is 8.58 Å². The lowest BCUT2D eigenvalue weighted by molar-refractivity contribution is -0.116. The number of likely N-dealkylation sites (N-methyl/N-ethyl adjacent to an activating group) is 1. The van der Waals surface area contributed by atoms with Gasteiger partial charge in [-0.15, -0.1) is 8.58 Å². The zero-order chi connectivity index (χ0) is 23.8. The number of nitrogens with one attached hydrogen (secondary N) is 1. The highest BCUT2D eigenvalue weighted by Gasteiger charge is 2.26. The lowest BCUT2D eigenvalue weighted by Crippen LogP contribution is -2.14. The number of carbonyl (C=O) groups excluding carboxylic acids is 1. The molecule has 0 saturated heterocycles. The molecule has 0 bridgehead atoms. The molecule has 1 aliphatic carbocycles. The van der Waals surface area contributed by atoms with Gasteiger partial charge in [-0.05, 0) is 91.6 Å². The first-order chi connectivity index (χ1) is 16.0. The third-order valence-corrected chi connectivity index (χ3v) is 5.58. The van der Waals surface area contributed by atoms with Crippen LogP contribution in [0.15, 0.2) is 67.0 Å². The molecular weight excluding hydrogens is 427 g/mol. The second-order valence-electron chi connectivity index (χ2n) is 8.24. The summed E-state index contributed by atoms with van der Waals surface area (Å²) in [6.45, 7) is 8.31. The molecule has 33 heavy (non-hydrogen) atoms. The molecule has 0 radical (unpaired) electrons. The first-order valence-corrected chi connectivity index (χ1v) is 13.3. The Hall–Kier alpha value is -2.97. The molecule has 3 aromatic rings. The number of allylic oxidation sites excluding steroid dienone is 1. The van der Waals surface area contributed by atoms with Gasteiger partial charge >= 0.3 is 0 Å². The number of hydrogen-bond donors (Lipinski definition) is 1. The molecule has 1 aliphatic rings. The summed E-state index contributed by atoms with van der Waals surface area (Å²) in [5.41, 5.74) is 8.12. The third-order valence-electron chi connectivity index (χ3n) is 5.58. The van der Waals surface area contributed by atoms with E-state index in [0.29, 0.717) is 0 Å². The first-order valence-electron chi connectivity index (χ1n) is 11.3. The van der Waals surface area contributed by atoms with Crippen LogP contribution in [0.2, 0.25) is 0 Å². The van der Waals surface area contributed by atoms with Crippen molar-refractivity contribution in [3.05, 3.63) is 89.3 Å². The third kappa shape index (κ3) is 6.30. The van der Waals surface area contributed by atoms with E-state index in [9.17, 15) is 4.79 Å². The first kappa shape index (κ1) is 24.7. The van der Waals surface area contributed by atoms with E-state index in [0.717, 1.165) is 49.4 Å². The van der Waals surface area contributed by atoms with E-state index in [1.807, 2.05) is 43.6 Å². The number of fused-ring (bicyclic) bond motifs is 1. The number of hydrogen-bond acceptors (Lipinski definition) is 3. The molecule has 4 nitrogen and oxygen atoms in total. The number of aryl methyl sites for hydroxylation is 1. The minimum absolute atomic E-state index is 0.0473. The van der Waals surface area contributed by atoms with Crippen LogP contribution < -0.4 is 10.1 Å². The second kappa shape index (κ2) is 11.8. The van der Waals surface area contributed by atoms with Gasteiger partial charge in [0.2, 0.25) is 5.91 Å². The van der Waals surface area contributed by atoms with Crippen molar-refractivity contribution in [3.63, 3.8) is 0 Å². The van der Waals surface area contributed by atoms with Crippen molar-refractivity contribution in [2.75, 3.05) is 20.4 Å². The Morgan fingerprint density at radius 2 is 1.88 bits per heavy atom. The number of benzene rings is 2. The summed E-state index contributed by atoms with van der Waals surface area (Å²) >= 11 is 0. The Labute approximate surface area is 199 Å². The van der Waals surface area contributed by atoms with Gasteiger partial charge in [-0.25, -0.2) is 0 Å². The minimum atomic E-state index is -0.102. The molecule has 5 heteroatoms. The van der Waals surface area contributed by atoms with Crippen molar-refractivity contribution in [3.8, 4) is 16.9 Å². The van der Waals surface area contributed by atoms with Crippen LogP contribution in [-0.2, 0) is 11.2 Å². The molecule has 4 rings (SSSR count). The average molecular weight is 461 g/mol. The molecule has 2 aromatic carbocycles. The summed E-state index contributed by atoms with van der Waals surface area (Å²) in [4.78, 5) is 15.9. The van der Waals surface area contributed by atoms with Crippen LogP contribution in [-0.4, -0.2) is 31.3 Å². The fourth-order valence-corrected chi connectivity index (χ4v) is 4.02. The van der Waals surface area contributed by atoms with Gasteiger partial charge in [-0.1, -0.05) is 30.3 Å². The average Bonchev–Trinajstić information content (AvgIpc) is 3.23. The molecule has 1 aromatic heterocycles. The largest absolute Gasteiger partial charge is 0.486 e. The van der Waals surface area contributed by atoms with Crippen molar-refractivity contribution in [1.29, 1.82) is 0 Å². The Balaban J connectivity index is 0.000000968. The van der Waals surface area contributed by atoms with Crippen LogP contribution in [0.1, 0.15) is 41.7 Å². The van der Waals surface area contributed by atoms with E-state index in [1.165, 1.54) is 16.7 Å². The molecular formula is C28H33N2O2P. The van der Waals surface area contributed by atoms with Gasteiger partial charge in [0.25, 0.3) is 0 Å². The fraction of sp³-hybridized carbons (Fsp3) is 0.286. The number of amides is 1. The molecule has 1 heterocycles. The van der Waals surface area contributed by atoms with Crippen molar-refractivity contribution in [2.24, 2.45) is 0 Å². The van der Waals surface area contributed by atoms with Gasteiger partial charge in [0, 0.05) is 31.1 Å². The van der Waals surface area contributed by atoms with Crippen LogP contribution in [0.5, 0.6) is 5.75 Å². The predicted octanol–water partition coefficient (Wildman–Crippen LogP) is 6.20. The maximum atomic E-state index is 11.5. The van der Waals surface area contributed by atoms with Gasteiger partial charge in [0.1, 0.15) is 11.9 Å². The van der Waals surface area contributed by atoms with Gasteiger partial charge in [0.05, 0.1) is 0 Å². The molecule has 1 amide bonds. The molecule has 0 spiro atoms. The van der Waals surface area contributed by atoms with Crippen LogP contribution in [0.4, 0.5) is 0 Å². The maximum Gasteiger partial charge on any atom is 0.244 e. The summed E-state index contributed by atoms with van der Waals surface area (Å²) in [7, 11) is 2.71. The Morgan fingerprint density at radius 3 is 2.55 bits per heavy atom. The quantitative estimate of drug-likeness (QED) is 0.364.